The van der Waals surface area contributed by atoms with Gasteiger partial charge < -0.3 is 0 Å². The highest BCUT2D eigenvalue weighted by molar-refractivity contribution is 8.22. The fourth-order valence-electron chi connectivity index (χ4n) is 5.01. The Balaban J connectivity index is 1.45. The zero-order valence-corrected chi connectivity index (χ0v) is 18.4. The second-order valence-electron chi connectivity index (χ2n) is 8.34. The average molecular weight is 420 g/mol. The highest BCUT2D eigenvalue weighted by Gasteiger charge is 2.15. The minimum atomic E-state index is -0.551. The lowest BCUT2D eigenvalue weighted by Crippen LogP contribution is -2.03. The van der Waals surface area contributed by atoms with Gasteiger partial charge in [-0.2, -0.15) is 10.9 Å². The van der Waals surface area contributed by atoms with Gasteiger partial charge in [0.1, 0.15) is 0 Å². The number of fused-ring (bicyclic) bond motifs is 5. The van der Waals surface area contributed by atoms with Crippen molar-refractivity contribution < 1.29 is 0 Å². The Bertz CT molecular complexity index is 1380. The molecule has 0 saturated heterocycles. The third-order valence-corrected chi connectivity index (χ3v) is 8.42. The van der Waals surface area contributed by atoms with E-state index in [1.807, 2.05) is 12.3 Å². The summed E-state index contributed by atoms with van der Waals surface area (Å²) in [6.07, 6.45) is 9.27. The Morgan fingerprint density at radius 1 is 0.645 bits per heavy atom. The standard InChI is InChI=1S/C29H25NS/c1-2-8-22(9-3-1)28-17-19-31(20-18-30-28)29-12-6-11-24-26-14-13-21-7-4-5-10-23(21)25(26)15-16-27(24)29/h1-3,6,8-9,11-20,31H,4-5,7,10H2. The van der Waals surface area contributed by atoms with Gasteiger partial charge in [-0.3, -0.25) is 4.99 Å². The third kappa shape index (κ3) is 3.32. The number of thiol groups is 1. The molecule has 0 fully saturated rings. The van der Waals surface area contributed by atoms with Crippen LogP contribution in [0.2, 0.25) is 0 Å². The molecular formula is C29H25NS. The van der Waals surface area contributed by atoms with Crippen molar-refractivity contribution in [2.75, 3.05) is 0 Å². The summed E-state index contributed by atoms with van der Waals surface area (Å²) >= 11 is 0. The number of nitrogens with zero attached hydrogens (tertiary/aromatic N) is 1. The van der Waals surface area contributed by atoms with Gasteiger partial charge in [-0.05, 0) is 81.3 Å². The Morgan fingerprint density at radius 3 is 2.39 bits per heavy atom. The predicted molar refractivity (Wildman–Crippen MR) is 137 cm³/mol. The van der Waals surface area contributed by atoms with Gasteiger partial charge in [0.2, 0.25) is 0 Å². The molecule has 2 aliphatic rings. The first-order valence-corrected chi connectivity index (χ1v) is 12.6. The fourth-order valence-corrected chi connectivity index (χ4v) is 6.67. The van der Waals surface area contributed by atoms with E-state index in [9.17, 15) is 0 Å². The van der Waals surface area contributed by atoms with Gasteiger partial charge in [0.05, 0.1) is 5.71 Å². The van der Waals surface area contributed by atoms with Crippen LogP contribution in [0.5, 0.6) is 0 Å². The molecule has 4 aromatic rings. The second kappa shape index (κ2) is 7.86. The van der Waals surface area contributed by atoms with Crippen LogP contribution in [0.4, 0.5) is 0 Å². The SMILES string of the molecule is C1=C[SH](c2cccc3c2ccc2c4c(ccc23)CCCC4)C=CC(c2ccccc2)=N1. The Kier molecular flexibility index (Phi) is 4.73. The molecule has 152 valence electrons. The van der Waals surface area contributed by atoms with Crippen LogP contribution >= 0.6 is 10.9 Å². The van der Waals surface area contributed by atoms with Crippen LogP contribution in [0, 0.1) is 0 Å². The summed E-state index contributed by atoms with van der Waals surface area (Å²) in [6.45, 7) is 0. The smallest absolute Gasteiger partial charge is 0.0706 e. The van der Waals surface area contributed by atoms with E-state index < -0.39 is 10.9 Å². The first kappa shape index (κ1) is 18.7. The molecule has 0 amide bonds. The minimum absolute atomic E-state index is 0.551. The fraction of sp³-hybridized carbons (Fsp3) is 0.138. The molecule has 0 bridgehead atoms. The molecule has 0 radical (unpaired) electrons. The van der Waals surface area contributed by atoms with Crippen molar-refractivity contribution in [3.05, 3.63) is 113 Å². The molecular weight excluding hydrogens is 394 g/mol. The lowest BCUT2D eigenvalue weighted by atomic mass is 9.86. The monoisotopic (exact) mass is 419 g/mol. The predicted octanol–water partition coefficient (Wildman–Crippen LogP) is 7.72. The van der Waals surface area contributed by atoms with Crippen LogP contribution in [0.15, 0.2) is 106 Å². The van der Waals surface area contributed by atoms with Crippen molar-refractivity contribution in [2.45, 2.75) is 30.6 Å². The first-order valence-electron chi connectivity index (χ1n) is 11.1. The molecule has 0 aromatic heterocycles. The molecule has 1 heterocycles. The maximum absolute atomic E-state index is 4.71. The molecule has 1 atom stereocenters. The van der Waals surface area contributed by atoms with E-state index in [-0.39, 0.29) is 0 Å². The van der Waals surface area contributed by atoms with E-state index in [0.717, 1.165) is 11.3 Å². The summed E-state index contributed by atoms with van der Waals surface area (Å²) in [5, 5.41) is 10.2. The van der Waals surface area contributed by atoms with Gasteiger partial charge in [0.25, 0.3) is 0 Å². The summed E-state index contributed by atoms with van der Waals surface area (Å²) < 4.78 is 0. The van der Waals surface area contributed by atoms with Crippen molar-refractivity contribution >= 4 is 38.2 Å². The third-order valence-electron chi connectivity index (χ3n) is 6.55. The molecule has 4 aromatic carbocycles. The summed E-state index contributed by atoms with van der Waals surface area (Å²) in [4.78, 5) is 6.12. The molecule has 0 N–H and O–H groups in total. The Labute approximate surface area is 186 Å². The Hall–Kier alpha value is -3.10. The molecule has 1 aliphatic carbocycles. The molecule has 1 unspecified atom stereocenters. The van der Waals surface area contributed by atoms with Crippen molar-refractivity contribution in [3.63, 3.8) is 0 Å². The number of hydrogen-bond donors (Lipinski definition) is 1. The van der Waals surface area contributed by atoms with Gasteiger partial charge in [0, 0.05) is 16.7 Å². The summed E-state index contributed by atoms with van der Waals surface area (Å²) in [7, 11) is -0.551. The number of aryl methyl sites for hydroxylation is 2. The molecule has 0 saturated carbocycles. The number of hydrogen-bond acceptors (Lipinski definition) is 1. The quantitative estimate of drug-likeness (QED) is 0.252. The first-order chi connectivity index (χ1) is 15.4. The Morgan fingerprint density at radius 2 is 1.45 bits per heavy atom. The normalized spacial score (nSPS) is 19.2. The van der Waals surface area contributed by atoms with Crippen LogP contribution in [0.1, 0.15) is 29.5 Å². The zero-order valence-electron chi connectivity index (χ0n) is 17.5. The summed E-state index contributed by atoms with van der Waals surface area (Å²) in [5.74, 6) is 0. The highest BCUT2D eigenvalue weighted by Crippen LogP contribution is 2.45. The highest BCUT2D eigenvalue weighted by atomic mass is 32.2. The van der Waals surface area contributed by atoms with Crippen LogP contribution in [0.3, 0.4) is 0 Å². The number of allylic oxidation sites excluding steroid dienone is 1. The number of aliphatic imine (C=N–C) groups is 1. The van der Waals surface area contributed by atoms with Gasteiger partial charge in [-0.15, -0.1) is 0 Å². The van der Waals surface area contributed by atoms with Gasteiger partial charge in [0.15, 0.2) is 0 Å². The maximum Gasteiger partial charge on any atom is 0.0706 e. The molecule has 0 spiro atoms. The molecule has 1 aliphatic heterocycles. The number of benzene rings is 4. The molecule has 2 heteroatoms. The van der Waals surface area contributed by atoms with Gasteiger partial charge >= 0.3 is 0 Å². The molecule has 31 heavy (non-hydrogen) atoms. The maximum atomic E-state index is 4.71. The van der Waals surface area contributed by atoms with Crippen molar-refractivity contribution in [1.82, 2.24) is 0 Å². The topological polar surface area (TPSA) is 12.4 Å². The van der Waals surface area contributed by atoms with Crippen LogP contribution in [-0.2, 0) is 12.8 Å². The van der Waals surface area contributed by atoms with Gasteiger partial charge in [-0.1, -0.05) is 66.7 Å². The largest absolute Gasteiger partial charge is 0.256 e. The van der Waals surface area contributed by atoms with Crippen LogP contribution < -0.4 is 0 Å². The van der Waals surface area contributed by atoms with E-state index in [1.54, 1.807) is 11.1 Å². The summed E-state index contributed by atoms with van der Waals surface area (Å²) in [6, 6.07) is 26.7. The molecule has 1 nitrogen and oxygen atoms in total. The van der Waals surface area contributed by atoms with Crippen molar-refractivity contribution in [2.24, 2.45) is 4.99 Å². The number of rotatable bonds is 2. The van der Waals surface area contributed by atoms with E-state index in [2.05, 4.69) is 83.6 Å². The van der Waals surface area contributed by atoms with Crippen LogP contribution in [-0.4, -0.2) is 5.71 Å². The van der Waals surface area contributed by atoms with Crippen LogP contribution in [0.25, 0.3) is 21.5 Å². The lowest BCUT2D eigenvalue weighted by Gasteiger charge is -2.20. The van der Waals surface area contributed by atoms with E-state index >= 15 is 0 Å². The average Bonchev–Trinajstić information content (AvgIpc) is 3.10. The van der Waals surface area contributed by atoms with Gasteiger partial charge in [-0.25, -0.2) is 0 Å². The zero-order chi connectivity index (χ0) is 20.6. The van der Waals surface area contributed by atoms with E-state index in [1.165, 1.54) is 52.1 Å². The second-order valence-corrected chi connectivity index (χ2v) is 10.2. The van der Waals surface area contributed by atoms with E-state index in [4.69, 9.17) is 4.99 Å². The minimum Gasteiger partial charge on any atom is -0.256 e. The summed E-state index contributed by atoms with van der Waals surface area (Å²) in [5.41, 5.74) is 5.32. The van der Waals surface area contributed by atoms with Crippen molar-refractivity contribution in [1.29, 1.82) is 0 Å². The van der Waals surface area contributed by atoms with Crippen molar-refractivity contribution in [3.8, 4) is 0 Å². The molecule has 6 rings (SSSR count). The lowest BCUT2D eigenvalue weighted by molar-refractivity contribution is 0.690. The van der Waals surface area contributed by atoms with E-state index in [0.29, 0.717) is 0 Å².